The van der Waals surface area contributed by atoms with Crippen LogP contribution in [0.1, 0.15) is 18.5 Å². The van der Waals surface area contributed by atoms with Crippen LogP contribution in [0.4, 0.5) is 5.69 Å². The van der Waals surface area contributed by atoms with Crippen molar-refractivity contribution in [1.82, 2.24) is 14.8 Å². The molecule has 5 heteroatoms. The third-order valence-electron chi connectivity index (χ3n) is 4.44. The van der Waals surface area contributed by atoms with Gasteiger partial charge in [0.25, 0.3) is 0 Å². The molecule has 3 rings (SSSR count). The Balaban J connectivity index is 1.51. The molecule has 114 valence electrons. The Hall–Kier alpha value is -1.62. The predicted molar refractivity (Wildman–Crippen MR) is 83.4 cm³/mol. The van der Waals surface area contributed by atoms with E-state index >= 15 is 0 Å². The van der Waals surface area contributed by atoms with Crippen LogP contribution in [0, 0.1) is 6.92 Å². The Bertz CT molecular complexity index is 491. The van der Waals surface area contributed by atoms with Crippen molar-refractivity contribution in [3.8, 4) is 0 Å². The molecule has 5 nitrogen and oxygen atoms in total. The van der Waals surface area contributed by atoms with Crippen LogP contribution in [0.25, 0.3) is 0 Å². The quantitative estimate of drug-likeness (QED) is 0.836. The molecule has 21 heavy (non-hydrogen) atoms. The number of nitrogens with zero attached hydrogens (tertiary/aromatic N) is 4. The molecule has 2 saturated heterocycles. The smallest absolute Gasteiger partial charge is 0.236 e. The maximum absolute atomic E-state index is 12.3. The number of hydrogen-bond donors (Lipinski definition) is 0. The molecule has 0 atom stereocenters. The zero-order valence-electron chi connectivity index (χ0n) is 12.8. The average Bonchev–Trinajstić information content (AvgIpc) is 3.00. The molecule has 0 spiro atoms. The van der Waals surface area contributed by atoms with Crippen LogP contribution in [0.5, 0.6) is 0 Å². The number of carbonyl (C=O) groups is 1. The molecular weight excluding hydrogens is 264 g/mol. The fraction of sp³-hybridized carbons (Fsp3) is 0.625. The van der Waals surface area contributed by atoms with Crippen molar-refractivity contribution in [1.29, 1.82) is 0 Å². The Kier molecular flexibility index (Phi) is 4.39. The largest absolute Gasteiger partial charge is 0.368 e. The fourth-order valence-electron chi connectivity index (χ4n) is 3.17. The Morgan fingerprint density at radius 3 is 2.52 bits per heavy atom. The predicted octanol–water partition coefficient (Wildman–Crippen LogP) is 1.13. The van der Waals surface area contributed by atoms with E-state index in [1.165, 1.54) is 18.5 Å². The summed E-state index contributed by atoms with van der Waals surface area (Å²) in [5.41, 5.74) is 2.26. The lowest BCUT2D eigenvalue weighted by molar-refractivity contribution is -0.132. The van der Waals surface area contributed by atoms with Gasteiger partial charge in [-0.2, -0.15) is 0 Å². The molecule has 1 aromatic rings. The van der Waals surface area contributed by atoms with E-state index in [4.69, 9.17) is 0 Å². The molecule has 0 aromatic carbocycles. The number of pyridine rings is 1. The summed E-state index contributed by atoms with van der Waals surface area (Å²) in [6, 6.07) is 4.16. The SMILES string of the molecule is Cc1cc(N2CCN(C(=O)CN3CCCC3)CC2)ccn1. The van der Waals surface area contributed by atoms with E-state index in [0.717, 1.165) is 45.0 Å². The van der Waals surface area contributed by atoms with E-state index < -0.39 is 0 Å². The number of aromatic nitrogens is 1. The van der Waals surface area contributed by atoms with Gasteiger partial charge in [0.2, 0.25) is 5.91 Å². The molecule has 2 aliphatic heterocycles. The summed E-state index contributed by atoms with van der Waals surface area (Å²) in [6.45, 7) is 8.27. The number of piperazine rings is 1. The second-order valence-electron chi connectivity index (χ2n) is 6.01. The van der Waals surface area contributed by atoms with Crippen molar-refractivity contribution in [2.24, 2.45) is 0 Å². The van der Waals surface area contributed by atoms with E-state index in [-0.39, 0.29) is 0 Å². The number of amides is 1. The summed E-state index contributed by atoms with van der Waals surface area (Å²) in [5.74, 6) is 0.294. The van der Waals surface area contributed by atoms with E-state index in [1.54, 1.807) is 0 Å². The zero-order chi connectivity index (χ0) is 14.7. The summed E-state index contributed by atoms with van der Waals surface area (Å²) < 4.78 is 0. The van der Waals surface area contributed by atoms with Gasteiger partial charge in [-0.25, -0.2) is 0 Å². The molecule has 1 amide bonds. The van der Waals surface area contributed by atoms with Crippen LogP contribution < -0.4 is 4.90 Å². The summed E-state index contributed by atoms with van der Waals surface area (Å²) in [4.78, 5) is 23.2. The first-order chi connectivity index (χ1) is 10.2. The van der Waals surface area contributed by atoms with Crippen molar-refractivity contribution in [2.75, 3.05) is 50.7 Å². The van der Waals surface area contributed by atoms with Gasteiger partial charge in [0.15, 0.2) is 0 Å². The highest BCUT2D eigenvalue weighted by molar-refractivity contribution is 5.78. The fourth-order valence-corrected chi connectivity index (χ4v) is 3.17. The molecule has 0 saturated carbocycles. The lowest BCUT2D eigenvalue weighted by Gasteiger charge is -2.36. The van der Waals surface area contributed by atoms with Gasteiger partial charge in [0.1, 0.15) is 0 Å². The molecule has 1 aromatic heterocycles. The van der Waals surface area contributed by atoms with Gasteiger partial charge in [0, 0.05) is 43.8 Å². The van der Waals surface area contributed by atoms with Gasteiger partial charge in [-0.15, -0.1) is 0 Å². The minimum absolute atomic E-state index is 0.294. The standard InChI is InChI=1S/C16H24N4O/c1-14-12-15(4-5-17-14)19-8-10-20(11-9-19)16(21)13-18-6-2-3-7-18/h4-5,12H,2-3,6-11,13H2,1H3. The minimum Gasteiger partial charge on any atom is -0.368 e. The van der Waals surface area contributed by atoms with Crippen LogP contribution in [0.15, 0.2) is 18.3 Å². The molecule has 0 bridgehead atoms. The number of likely N-dealkylation sites (tertiary alicyclic amines) is 1. The topological polar surface area (TPSA) is 39.7 Å². The van der Waals surface area contributed by atoms with Crippen molar-refractivity contribution in [2.45, 2.75) is 19.8 Å². The molecule has 0 unspecified atom stereocenters. The highest BCUT2D eigenvalue weighted by Gasteiger charge is 2.23. The van der Waals surface area contributed by atoms with E-state index in [1.807, 2.05) is 18.0 Å². The maximum Gasteiger partial charge on any atom is 0.236 e. The van der Waals surface area contributed by atoms with Crippen molar-refractivity contribution in [3.63, 3.8) is 0 Å². The summed E-state index contributed by atoms with van der Waals surface area (Å²) in [5, 5.41) is 0. The number of carbonyl (C=O) groups excluding carboxylic acids is 1. The molecule has 0 radical (unpaired) electrons. The first kappa shape index (κ1) is 14.3. The molecule has 2 fully saturated rings. The monoisotopic (exact) mass is 288 g/mol. The molecule has 2 aliphatic rings. The Labute approximate surface area is 126 Å². The van der Waals surface area contributed by atoms with Crippen LogP contribution >= 0.6 is 0 Å². The third kappa shape index (κ3) is 3.53. The average molecular weight is 288 g/mol. The summed E-state index contributed by atoms with van der Waals surface area (Å²) in [6.07, 6.45) is 4.33. The third-order valence-corrected chi connectivity index (χ3v) is 4.44. The van der Waals surface area contributed by atoms with Gasteiger partial charge in [-0.05, 0) is 45.0 Å². The highest BCUT2D eigenvalue weighted by Crippen LogP contribution is 2.17. The molecule has 0 aliphatic carbocycles. The van der Waals surface area contributed by atoms with Crippen LogP contribution in [-0.2, 0) is 4.79 Å². The first-order valence-corrected chi connectivity index (χ1v) is 7.90. The first-order valence-electron chi connectivity index (χ1n) is 7.90. The Morgan fingerprint density at radius 1 is 1.14 bits per heavy atom. The van der Waals surface area contributed by atoms with Crippen LogP contribution in [0.3, 0.4) is 0 Å². The van der Waals surface area contributed by atoms with Crippen LogP contribution in [-0.4, -0.2) is 66.5 Å². The van der Waals surface area contributed by atoms with E-state index in [0.29, 0.717) is 12.5 Å². The molecule has 3 heterocycles. The maximum atomic E-state index is 12.3. The second kappa shape index (κ2) is 6.43. The summed E-state index contributed by atoms with van der Waals surface area (Å²) >= 11 is 0. The van der Waals surface area contributed by atoms with Gasteiger partial charge in [-0.3, -0.25) is 14.7 Å². The Morgan fingerprint density at radius 2 is 1.86 bits per heavy atom. The lowest BCUT2D eigenvalue weighted by Crippen LogP contribution is -2.51. The van der Waals surface area contributed by atoms with Gasteiger partial charge >= 0.3 is 0 Å². The van der Waals surface area contributed by atoms with Crippen molar-refractivity contribution in [3.05, 3.63) is 24.0 Å². The summed E-state index contributed by atoms with van der Waals surface area (Å²) in [7, 11) is 0. The van der Waals surface area contributed by atoms with Gasteiger partial charge in [-0.1, -0.05) is 0 Å². The zero-order valence-corrected chi connectivity index (χ0v) is 12.8. The van der Waals surface area contributed by atoms with E-state index in [9.17, 15) is 4.79 Å². The van der Waals surface area contributed by atoms with E-state index in [2.05, 4.69) is 26.9 Å². The van der Waals surface area contributed by atoms with Crippen molar-refractivity contribution < 1.29 is 4.79 Å². The van der Waals surface area contributed by atoms with Crippen LogP contribution in [0.2, 0.25) is 0 Å². The lowest BCUT2D eigenvalue weighted by atomic mass is 10.2. The minimum atomic E-state index is 0.294. The molecule has 0 N–H and O–H groups in total. The van der Waals surface area contributed by atoms with Gasteiger partial charge < -0.3 is 9.80 Å². The highest BCUT2D eigenvalue weighted by atomic mass is 16.2. The number of hydrogen-bond acceptors (Lipinski definition) is 4. The normalized spacial score (nSPS) is 20.0. The van der Waals surface area contributed by atoms with Gasteiger partial charge in [0.05, 0.1) is 6.54 Å². The molecular formula is C16H24N4O. The number of aryl methyl sites for hydroxylation is 1. The number of anilines is 1. The number of rotatable bonds is 3. The van der Waals surface area contributed by atoms with Crippen molar-refractivity contribution >= 4 is 11.6 Å². The second-order valence-corrected chi connectivity index (χ2v) is 6.01.